The predicted molar refractivity (Wildman–Crippen MR) is 79.2 cm³/mol. The van der Waals surface area contributed by atoms with Gasteiger partial charge >= 0.3 is 5.97 Å². The van der Waals surface area contributed by atoms with Gasteiger partial charge in [0.25, 0.3) is 0 Å². The monoisotopic (exact) mass is 293 g/mol. The molecule has 0 radical (unpaired) electrons. The molecule has 0 saturated carbocycles. The number of ether oxygens (including phenoxy) is 2. The summed E-state index contributed by atoms with van der Waals surface area (Å²) in [5.74, 6) is 0.447. The number of nitrogens with one attached hydrogen (secondary N) is 1. The summed E-state index contributed by atoms with van der Waals surface area (Å²) in [6.45, 7) is 7.78. The van der Waals surface area contributed by atoms with Crippen molar-refractivity contribution < 1.29 is 14.3 Å². The van der Waals surface area contributed by atoms with Crippen LogP contribution in [-0.2, 0) is 9.47 Å². The summed E-state index contributed by atoms with van der Waals surface area (Å²) in [5.41, 5.74) is -0.326. The molecule has 1 aromatic heterocycles. The van der Waals surface area contributed by atoms with E-state index in [1.54, 1.807) is 6.20 Å². The van der Waals surface area contributed by atoms with Crippen LogP contribution >= 0.6 is 0 Å². The Morgan fingerprint density at radius 2 is 2.19 bits per heavy atom. The van der Waals surface area contributed by atoms with Crippen LogP contribution in [0.1, 0.15) is 44.1 Å². The Morgan fingerprint density at radius 1 is 1.43 bits per heavy atom. The fraction of sp³-hybridized carbons (Fsp3) is 0.667. The lowest BCUT2D eigenvalue weighted by molar-refractivity contribution is 0.00636. The molecule has 6 heteroatoms. The van der Waals surface area contributed by atoms with Gasteiger partial charge in [-0.2, -0.15) is 0 Å². The third-order valence-electron chi connectivity index (χ3n) is 3.10. The Morgan fingerprint density at radius 3 is 2.86 bits per heavy atom. The van der Waals surface area contributed by atoms with Gasteiger partial charge in [-0.1, -0.05) is 0 Å². The number of aromatic nitrogens is 2. The summed E-state index contributed by atoms with van der Waals surface area (Å²) in [5, 5.41) is 3.20. The summed E-state index contributed by atoms with van der Waals surface area (Å²) < 4.78 is 10.8. The molecule has 0 bridgehead atoms. The van der Waals surface area contributed by atoms with Crippen molar-refractivity contribution in [2.24, 2.45) is 5.92 Å². The number of nitrogens with zero attached hydrogens (tertiary/aromatic N) is 2. The standard InChI is InChI=1S/C15H23N3O3/c1-15(2,3)21-14(19)12-13(17-7-6-16-12)18-9-11-5-4-8-20-10-11/h6-7,11H,4-5,8-10H2,1-3H3,(H,17,18). The van der Waals surface area contributed by atoms with Gasteiger partial charge in [-0.3, -0.25) is 0 Å². The van der Waals surface area contributed by atoms with Crippen molar-refractivity contribution in [3.8, 4) is 0 Å². The Balaban J connectivity index is 2.00. The minimum atomic E-state index is -0.552. The number of hydrogen-bond donors (Lipinski definition) is 1. The van der Waals surface area contributed by atoms with Crippen molar-refractivity contribution in [2.75, 3.05) is 25.1 Å². The van der Waals surface area contributed by atoms with Crippen molar-refractivity contribution in [1.29, 1.82) is 0 Å². The first-order chi connectivity index (χ1) is 9.96. The number of hydrogen-bond acceptors (Lipinski definition) is 6. The molecule has 1 aliphatic rings. The Kier molecular flexibility index (Phi) is 5.12. The molecular formula is C15H23N3O3. The first kappa shape index (κ1) is 15.7. The molecule has 2 rings (SSSR count). The van der Waals surface area contributed by atoms with Crippen LogP contribution in [0.25, 0.3) is 0 Å². The summed E-state index contributed by atoms with van der Waals surface area (Å²) in [7, 11) is 0. The first-order valence-electron chi connectivity index (χ1n) is 7.31. The van der Waals surface area contributed by atoms with Gasteiger partial charge in [0.15, 0.2) is 11.5 Å². The lowest BCUT2D eigenvalue weighted by atomic mass is 10.0. The second-order valence-corrected chi connectivity index (χ2v) is 6.22. The lowest BCUT2D eigenvalue weighted by Gasteiger charge is -2.23. The zero-order chi connectivity index (χ0) is 15.3. The van der Waals surface area contributed by atoms with E-state index < -0.39 is 11.6 Å². The maximum Gasteiger partial charge on any atom is 0.361 e. The largest absolute Gasteiger partial charge is 0.455 e. The second kappa shape index (κ2) is 6.85. The molecule has 0 aliphatic carbocycles. The van der Waals surface area contributed by atoms with E-state index >= 15 is 0 Å². The van der Waals surface area contributed by atoms with Crippen molar-refractivity contribution in [3.05, 3.63) is 18.1 Å². The van der Waals surface area contributed by atoms with Crippen LogP contribution in [0.15, 0.2) is 12.4 Å². The van der Waals surface area contributed by atoms with Gasteiger partial charge in [0.1, 0.15) is 5.60 Å². The van der Waals surface area contributed by atoms with E-state index in [0.717, 1.165) is 26.1 Å². The third kappa shape index (κ3) is 4.97. The molecule has 1 atom stereocenters. The zero-order valence-corrected chi connectivity index (χ0v) is 12.9. The molecular weight excluding hydrogens is 270 g/mol. The van der Waals surface area contributed by atoms with E-state index in [1.165, 1.54) is 6.20 Å². The Bertz CT molecular complexity index is 479. The van der Waals surface area contributed by atoms with Crippen LogP contribution < -0.4 is 5.32 Å². The van der Waals surface area contributed by atoms with Crippen LogP contribution in [0, 0.1) is 5.92 Å². The Labute approximate surface area is 125 Å². The van der Waals surface area contributed by atoms with Crippen molar-refractivity contribution in [3.63, 3.8) is 0 Å². The van der Waals surface area contributed by atoms with Gasteiger partial charge in [0, 0.05) is 25.5 Å². The van der Waals surface area contributed by atoms with Gasteiger partial charge in [0.2, 0.25) is 0 Å². The molecule has 2 heterocycles. The zero-order valence-electron chi connectivity index (χ0n) is 12.9. The van der Waals surface area contributed by atoms with Gasteiger partial charge in [-0.15, -0.1) is 0 Å². The molecule has 1 aromatic rings. The highest BCUT2D eigenvalue weighted by Crippen LogP contribution is 2.18. The van der Waals surface area contributed by atoms with Crippen LogP contribution in [0.3, 0.4) is 0 Å². The highest BCUT2D eigenvalue weighted by atomic mass is 16.6. The summed E-state index contributed by atoms with van der Waals surface area (Å²) in [6, 6.07) is 0. The highest BCUT2D eigenvalue weighted by Gasteiger charge is 2.23. The third-order valence-corrected chi connectivity index (χ3v) is 3.10. The molecule has 1 fully saturated rings. The van der Waals surface area contributed by atoms with Gasteiger partial charge < -0.3 is 14.8 Å². The van der Waals surface area contributed by atoms with E-state index in [4.69, 9.17) is 9.47 Å². The molecule has 1 saturated heterocycles. The minimum absolute atomic E-state index is 0.226. The smallest absolute Gasteiger partial charge is 0.361 e. The van der Waals surface area contributed by atoms with Crippen molar-refractivity contribution in [2.45, 2.75) is 39.2 Å². The highest BCUT2D eigenvalue weighted by molar-refractivity contribution is 5.92. The van der Waals surface area contributed by atoms with Gasteiger partial charge in [-0.25, -0.2) is 14.8 Å². The van der Waals surface area contributed by atoms with E-state index in [1.807, 2.05) is 20.8 Å². The van der Waals surface area contributed by atoms with Crippen LogP contribution in [0.4, 0.5) is 5.82 Å². The topological polar surface area (TPSA) is 73.3 Å². The molecule has 1 unspecified atom stereocenters. The number of esters is 1. The fourth-order valence-electron chi connectivity index (χ4n) is 2.15. The fourth-order valence-corrected chi connectivity index (χ4v) is 2.15. The van der Waals surface area contributed by atoms with E-state index in [-0.39, 0.29) is 5.69 Å². The summed E-state index contributed by atoms with van der Waals surface area (Å²) in [6.07, 6.45) is 5.25. The molecule has 1 N–H and O–H groups in total. The normalized spacial score (nSPS) is 19.1. The number of carbonyl (C=O) groups is 1. The minimum Gasteiger partial charge on any atom is -0.455 e. The van der Waals surface area contributed by atoms with Crippen molar-refractivity contribution >= 4 is 11.8 Å². The average molecular weight is 293 g/mol. The molecule has 0 amide bonds. The quantitative estimate of drug-likeness (QED) is 0.858. The van der Waals surface area contributed by atoms with E-state index in [2.05, 4.69) is 15.3 Å². The van der Waals surface area contributed by atoms with Crippen molar-refractivity contribution in [1.82, 2.24) is 9.97 Å². The molecule has 21 heavy (non-hydrogen) atoms. The lowest BCUT2D eigenvalue weighted by Crippen LogP contribution is -2.27. The molecule has 116 valence electrons. The number of carbonyl (C=O) groups excluding carboxylic acids is 1. The predicted octanol–water partition coefficient (Wildman–Crippen LogP) is 2.27. The maximum atomic E-state index is 12.1. The average Bonchev–Trinajstić information content (AvgIpc) is 2.45. The van der Waals surface area contributed by atoms with Crippen LogP contribution in [0.5, 0.6) is 0 Å². The molecule has 0 aromatic carbocycles. The SMILES string of the molecule is CC(C)(C)OC(=O)c1nccnc1NCC1CCCOC1. The van der Waals surface area contributed by atoms with Crippen LogP contribution in [0.2, 0.25) is 0 Å². The number of anilines is 1. The first-order valence-corrected chi connectivity index (χ1v) is 7.31. The molecule has 6 nitrogen and oxygen atoms in total. The molecule has 0 spiro atoms. The summed E-state index contributed by atoms with van der Waals surface area (Å²) >= 11 is 0. The van der Waals surface area contributed by atoms with Gasteiger partial charge in [-0.05, 0) is 39.5 Å². The summed E-state index contributed by atoms with van der Waals surface area (Å²) in [4.78, 5) is 20.4. The van der Waals surface area contributed by atoms with E-state index in [9.17, 15) is 4.79 Å². The van der Waals surface area contributed by atoms with Gasteiger partial charge in [0.05, 0.1) is 6.61 Å². The van der Waals surface area contributed by atoms with Crippen LogP contribution in [-0.4, -0.2) is 41.3 Å². The molecule has 1 aliphatic heterocycles. The Hall–Kier alpha value is -1.69. The van der Waals surface area contributed by atoms with E-state index in [0.29, 0.717) is 18.3 Å². The maximum absolute atomic E-state index is 12.1. The number of rotatable bonds is 4. The second-order valence-electron chi connectivity index (χ2n) is 6.22.